The van der Waals surface area contributed by atoms with Gasteiger partial charge in [-0.3, -0.25) is 4.79 Å². The van der Waals surface area contributed by atoms with Crippen LogP contribution in [0.3, 0.4) is 0 Å². The van der Waals surface area contributed by atoms with Crippen molar-refractivity contribution in [2.75, 3.05) is 19.6 Å². The molecule has 0 bridgehead atoms. The molecular formula is C23H38N4O2. The van der Waals surface area contributed by atoms with Gasteiger partial charge in [0.25, 0.3) is 0 Å². The number of allylic oxidation sites excluding steroid dienone is 1. The number of likely N-dealkylation sites (tertiary alicyclic amines) is 1. The number of nitrogens with zero attached hydrogens (tertiary/aromatic N) is 3. The van der Waals surface area contributed by atoms with E-state index in [4.69, 9.17) is 4.42 Å². The van der Waals surface area contributed by atoms with Crippen LogP contribution in [0.1, 0.15) is 65.7 Å². The molecule has 6 nitrogen and oxygen atoms in total. The third-order valence-corrected chi connectivity index (χ3v) is 6.63. The Morgan fingerprint density at radius 1 is 1.34 bits per heavy atom. The Morgan fingerprint density at radius 3 is 2.79 bits per heavy atom. The number of hydrogen-bond donors (Lipinski definition) is 1. The van der Waals surface area contributed by atoms with Crippen LogP contribution in [0.15, 0.2) is 16.1 Å². The van der Waals surface area contributed by atoms with Crippen LogP contribution in [0.2, 0.25) is 0 Å². The zero-order valence-corrected chi connectivity index (χ0v) is 18.8. The van der Waals surface area contributed by atoms with Crippen molar-refractivity contribution in [3.8, 4) is 0 Å². The molecule has 0 aromatic carbocycles. The maximum absolute atomic E-state index is 11.3. The highest BCUT2D eigenvalue weighted by atomic mass is 16.4. The second-order valence-corrected chi connectivity index (χ2v) is 9.40. The molecule has 2 heterocycles. The molecule has 1 aromatic rings. The smallest absolute Gasteiger partial charge is 0.217 e. The minimum atomic E-state index is 0.0799. The van der Waals surface area contributed by atoms with E-state index in [0.29, 0.717) is 29.7 Å². The van der Waals surface area contributed by atoms with E-state index in [2.05, 4.69) is 54.2 Å². The first-order chi connectivity index (χ1) is 13.9. The number of aryl methyl sites for hydroxylation is 1. The fraction of sp³-hybridized carbons (Fsp3) is 0.783. The largest absolute Gasteiger partial charge is 0.425 e. The summed E-state index contributed by atoms with van der Waals surface area (Å²) in [5.74, 6) is 3.97. The third kappa shape index (κ3) is 5.91. The van der Waals surface area contributed by atoms with Crippen molar-refractivity contribution >= 4 is 5.91 Å². The number of carbonyl (C=O) groups is 1. The quantitative estimate of drug-likeness (QED) is 0.672. The van der Waals surface area contributed by atoms with Crippen LogP contribution in [0.25, 0.3) is 0 Å². The van der Waals surface area contributed by atoms with Crippen molar-refractivity contribution in [1.29, 1.82) is 0 Å². The summed E-state index contributed by atoms with van der Waals surface area (Å²) < 4.78 is 5.86. The predicted octanol–water partition coefficient (Wildman–Crippen LogP) is 3.63. The normalized spacial score (nSPS) is 28.0. The summed E-state index contributed by atoms with van der Waals surface area (Å²) in [6, 6.07) is 0.307. The van der Waals surface area contributed by atoms with Crippen molar-refractivity contribution in [3.63, 3.8) is 0 Å². The molecule has 1 fully saturated rings. The summed E-state index contributed by atoms with van der Waals surface area (Å²) in [5.41, 5.74) is 1.46. The highest BCUT2D eigenvalue weighted by molar-refractivity contribution is 5.73. The average molecular weight is 403 g/mol. The second kappa shape index (κ2) is 9.88. The fourth-order valence-electron chi connectivity index (χ4n) is 5.08. The number of hydrogen-bond acceptors (Lipinski definition) is 5. The van der Waals surface area contributed by atoms with Gasteiger partial charge in [-0.2, -0.15) is 0 Å². The molecule has 1 N–H and O–H groups in total. The van der Waals surface area contributed by atoms with Crippen LogP contribution in [-0.2, 0) is 17.6 Å². The first-order valence-corrected chi connectivity index (χ1v) is 11.3. The van der Waals surface area contributed by atoms with Gasteiger partial charge in [0.15, 0.2) is 0 Å². The number of carbonyl (C=O) groups excluding carboxylic acids is 1. The second-order valence-electron chi connectivity index (χ2n) is 9.40. The number of nitrogens with one attached hydrogen (secondary N) is 1. The first kappa shape index (κ1) is 22.0. The molecule has 29 heavy (non-hydrogen) atoms. The van der Waals surface area contributed by atoms with Crippen molar-refractivity contribution in [1.82, 2.24) is 20.4 Å². The lowest BCUT2D eigenvalue weighted by molar-refractivity contribution is -0.119. The van der Waals surface area contributed by atoms with E-state index >= 15 is 0 Å². The fourth-order valence-corrected chi connectivity index (χ4v) is 5.08. The van der Waals surface area contributed by atoms with E-state index in [-0.39, 0.29) is 5.91 Å². The number of aromatic nitrogens is 2. The predicted molar refractivity (Wildman–Crippen MR) is 114 cm³/mol. The molecule has 1 amide bonds. The summed E-state index contributed by atoms with van der Waals surface area (Å²) in [5, 5.41) is 11.5. The molecule has 0 radical (unpaired) electrons. The van der Waals surface area contributed by atoms with E-state index in [9.17, 15) is 4.79 Å². The van der Waals surface area contributed by atoms with Gasteiger partial charge in [0.1, 0.15) is 0 Å². The Bertz CT molecular complexity index is 711. The Morgan fingerprint density at radius 2 is 2.10 bits per heavy atom. The van der Waals surface area contributed by atoms with Crippen molar-refractivity contribution < 1.29 is 9.21 Å². The van der Waals surface area contributed by atoms with Gasteiger partial charge in [-0.15, -0.1) is 10.2 Å². The van der Waals surface area contributed by atoms with Gasteiger partial charge in [0, 0.05) is 45.4 Å². The van der Waals surface area contributed by atoms with Gasteiger partial charge in [-0.05, 0) is 49.9 Å². The van der Waals surface area contributed by atoms with Gasteiger partial charge >= 0.3 is 0 Å². The molecule has 0 unspecified atom stereocenters. The van der Waals surface area contributed by atoms with E-state index in [0.717, 1.165) is 57.1 Å². The average Bonchev–Trinajstić information content (AvgIpc) is 3.26. The Labute approximate surface area is 175 Å². The molecule has 0 spiro atoms. The number of amides is 1. The molecule has 1 aromatic heterocycles. The number of rotatable bonds is 8. The van der Waals surface area contributed by atoms with Crippen LogP contribution in [0.4, 0.5) is 0 Å². The molecule has 1 aliphatic carbocycles. The highest BCUT2D eigenvalue weighted by Crippen LogP contribution is 2.39. The highest BCUT2D eigenvalue weighted by Gasteiger charge is 2.34. The van der Waals surface area contributed by atoms with Gasteiger partial charge in [0.2, 0.25) is 17.7 Å². The van der Waals surface area contributed by atoms with Gasteiger partial charge in [-0.25, -0.2) is 0 Å². The minimum absolute atomic E-state index is 0.0799. The summed E-state index contributed by atoms with van der Waals surface area (Å²) in [4.78, 5) is 13.9. The van der Waals surface area contributed by atoms with E-state index < -0.39 is 0 Å². The molecule has 2 aliphatic rings. The standard InChI is InChI=1S/C23H38N4O2/c1-6-7-22-25-26-23(29-22)12-18-11-21(15(2)3)19(10-16(18)4)13-27-9-8-20(14-27)24-17(5)28/h10,15,18-21H,6-9,11-14H2,1-5H3,(H,24,28)/t18-,19+,20+,21+/m1/s1. The van der Waals surface area contributed by atoms with Crippen molar-refractivity contribution in [2.45, 2.75) is 72.8 Å². The van der Waals surface area contributed by atoms with Gasteiger partial charge in [0.05, 0.1) is 0 Å². The zero-order valence-electron chi connectivity index (χ0n) is 18.8. The molecule has 0 saturated carbocycles. The lowest BCUT2D eigenvalue weighted by Gasteiger charge is -2.38. The Kier molecular flexibility index (Phi) is 7.49. The lowest BCUT2D eigenvalue weighted by Crippen LogP contribution is -2.39. The summed E-state index contributed by atoms with van der Waals surface area (Å²) >= 11 is 0. The van der Waals surface area contributed by atoms with Gasteiger partial charge < -0.3 is 14.6 Å². The molecule has 162 valence electrons. The monoisotopic (exact) mass is 402 g/mol. The van der Waals surface area contributed by atoms with Crippen molar-refractivity contribution in [3.05, 3.63) is 23.4 Å². The third-order valence-electron chi connectivity index (χ3n) is 6.63. The molecular weight excluding hydrogens is 364 g/mol. The summed E-state index contributed by atoms with van der Waals surface area (Å²) in [7, 11) is 0. The lowest BCUT2D eigenvalue weighted by atomic mass is 9.69. The molecule has 1 aliphatic heterocycles. The van der Waals surface area contributed by atoms with E-state index in [1.165, 1.54) is 12.0 Å². The summed E-state index contributed by atoms with van der Waals surface area (Å²) in [6.07, 6.45) is 7.48. The van der Waals surface area contributed by atoms with E-state index in [1.807, 2.05) is 0 Å². The Hall–Kier alpha value is -1.69. The van der Waals surface area contributed by atoms with Gasteiger partial charge in [-0.1, -0.05) is 32.4 Å². The maximum Gasteiger partial charge on any atom is 0.217 e. The first-order valence-electron chi connectivity index (χ1n) is 11.3. The van der Waals surface area contributed by atoms with E-state index in [1.54, 1.807) is 6.92 Å². The maximum atomic E-state index is 11.3. The summed E-state index contributed by atoms with van der Waals surface area (Å²) in [6.45, 7) is 13.8. The molecule has 4 atom stereocenters. The SMILES string of the molecule is CCCc1nnc(C[C@H]2C[C@@H](C(C)C)[C@H](CN3CC[C@H](NC(C)=O)C3)C=C2C)o1. The molecule has 6 heteroatoms. The van der Waals surface area contributed by atoms with Crippen LogP contribution < -0.4 is 5.32 Å². The van der Waals surface area contributed by atoms with Crippen molar-refractivity contribution in [2.24, 2.45) is 23.7 Å². The topological polar surface area (TPSA) is 71.3 Å². The zero-order chi connectivity index (χ0) is 21.0. The molecule has 3 rings (SSSR count). The van der Waals surface area contributed by atoms with Crippen LogP contribution in [0, 0.1) is 23.7 Å². The Balaban J connectivity index is 1.63. The van der Waals surface area contributed by atoms with Crippen LogP contribution >= 0.6 is 0 Å². The van der Waals surface area contributed by atoms with Crippen LogP contribution in [0.5, 0.6) is 0 Å². The molecule has 1 saturated heterocycles. The minimum Gasteiger partial charge on any atom is -0.425 e. The van der Waals surface area contributed by atoms with Crippen LogP contribution in [-0.4, -0.2) is 46.7 Å².